The maximum Gasteiger partial charge on any atom is 0.231 e. The van der Waals surface area contributed by atoms with Gasteiger partial charge in [0, 0.05) is 5.54 Å². The predicted octanol–water partition coefficient (Wildman–Crippen LogP) is -0.778. The third-order valence-electron chi connectivity index (χ3n) is 1.82. The van der Waals surface area contributed by atoms with Crippen LogP contribution in [0, 0.1) is 0 Å². The molecule has 0 aliphatic heterocycles. The Labute approximate surface area is 66.8 Å². The zero-order chi connectivity index (χ0) is 8.91. The SMILES string of the molecule is CCC(C)(CO)NCC(N)=O. The summed E-state index contributed by atoms with van der Waals surface area (Å²) in [6, 6.07) is 0. The summed E-state index contributed by atoms with van der Waals surface area (Å²) in [5.74, 6) is -0.405. The molecule has 4 heteroatoms. The van der Waals surface area contributed by atoms with Crippen LogP contribution in [-0.2, 0) is 4.79 Å². The first-order valence-corrected chi connectivity index (χ1v) is 3.68. The van der Waals surface area contributed by atoms with E-state index in [9.17, 15) is 4.79 Å². The molecule has 1 amide bonds. The van der Waals surface area contributed by atoms with Crippen LogP contribution >= 0.6 is 0 Å². The fourth-order valence-electron chi connectivity index (χ4n) is 0.593. The highest BCUT2D eigenvalue weighted by atomic mass is 16.3. The molecule has 0 saturated carbocycles. The highest BCUT2D eigenvalue weighted by molar-refractivity contribution is 5.75. The highest BCUT2D eigenvalue weighted by Gasteiger charge is 2.19. The number of hydrogen-bond acceptors (Lipinski definition) is 3. The second kappa shape index (κ2) is 4.31. The van der Waals surface area contributed by atoms with Crippen LogP contribution in [0.5, 0.6) is 0 Å². The lowest BCUT2D eigenvalue weighted by Gasteiger charge is -2.26. The van der Waals surface area contributed by atoms with Crippen molar-refractivity contribution >= 4 is 5.91 Å². The van der Waals surface area contributed by atoms with Gasteiger partial charge in [-0.15, -0.1) is 0 Å². The first-order chi connectivity index (χ1) is 5.04. The number of nitrogens with two attached hydrogens (primary N) is 1. The number of primary amides is 1. The molecular formula is C7H16N2O2. The minimum Gasteiger partial charge on any atom is -0.394 e. The quantitative estimate of drug-likeness (QED) is 0.494. The maximum absolute atomic E-state index is 10.4. The standard InChI is InChI=1S/C7H16N2O2/c1-3-7(2,5-10)9-4-6(8)11/h9-10H,3-5H2,1-2H3,(H2,8,11). The van der Waals surface area contributed by atoms with E-state index < -0.39 is 5.91 Å². The van der Waals surface area contributed by atoms with Crippen LogP contribution < -0.4 is 11.1 Å². The number of carbonyl (C=O) groups excluding carboxylic acids is 1. The van der Waals surface area contributed by atoms with Crippen molar-refractivity contribution in [3.05, 3.63) is 0 Å². The summed E-state index contributed by atoms with van der Waals surface area (Å²) in [5, 5.41) is 11.8. The van der Waals surface area contributed by atoms with Gasteiger partial charge in [0.2, 0.25) is 5.91 Å². The molecule has 0 rings (SSSR count). The second-order valence-corrected chi connectivity index (χ2v) is 2.89. The van der Waals surface area contributed by atoms with Gasteiger partial charge in [-0.1, -0.05) is 6.92 Å². The monoisotopic (exact) mass is 160 g/mol. The van der Waals surface area contributed by atoms with Gasteiger partial charge in [0.15, 0.2) is 0 Å². The number of hydrogen-bond donors (Lipinski definition) is 3. The van der Waals surface area contributed by atoms with Gasteiger partial charge in [0.25, 0.3) is 0 Å². The summed E-state index contributed by atoms with van der Waals surface area (Å²) in [7, 11) is 0. The van der Waals surface area contributed by atoms with Crippen molar-refractivity contribution in [3.63, 3.8) is 0 Å². The van der Waals surface area contributed by atoms with E-state index in [0.29, 0.717) is 0 Å². The molecular weight excluding hydrogens is 144 g/mol. The lowest BCUT2D eigenvalue weighted by molar-refractivity contribution is -0.117. The van der Waals surface area contributed by atoms with E-state index in [1.54, 1.807) is 0 Å². The average molecular weight is 160 g/mol. The van der Waals surface area contributed by atoms with E-state index in [-0.39, 0.29) is 18.7 Å². The highest BCUT2D eigenvalue weighted by Crippen LogP contribution is 2.06. The first-order valence-electron chi connectivity index (χ1n) is 3.68. The summed E-state index contributed by atoms with van der Waals surface area (Å²) >= 11 is 0. The van der Waals surface area contributed by atoms with Gasteiger partial charge < -0.3 is 16.2 Å². The maximum atomic E-state index is 10.4. The number of aliphatic hydroxyl groups is 1. The molecule has 1 unspecified atom stereocenters. The average Bonchev–Trinajstić information content (AvgIpc) is 2.00. The minimum absolute atomic E-state index is 0.0107. The van der Waals surface area contributed by atoms with Crippen LogP contribution in [0.2, 0.25) is 0 Å². The Balaban J connectivity index is 3.78. The fourth-order valence-corrected chi connectivity index (χ4v) is 0.593. The van der Waals surface area contributed by atoms with Gasteiger partial charge in [-0.25, -0.2) is 0 Å². The van der Waals surface area contributed by atoms with Gasteiger partial charge in [-0.3, -0.25) is 4.79 Å². The molecule has 0 bridgehead atoms. The van der Waals surface area contributed by atoms with Crippen LogP contribution in [0.25, 0.3) is 0 Å². The molecule has 4 nitrogen and oxygen atoms in total. The van der Waals surface area contributed by atoms with E-state index in [2.05, 4.69) is 5.32 Å². The van der Waals surface area contributed by atoms with Crippen LogP contribution in [-0.4, -0.2) is 29.7 Å². The molecule has 0 saturated heterocycles. The van der Waals surface area contributed by atoms with E-state index in [1.807, 2.05) is 13.8 Å². The molecule has 0 aliphatic carbocycles. The molecule has 66 valence electrons. The van der Waals surface area contributed by atoms with Gasteiger partial charge in [-0.2, -0.15) is 0 Å². The molecule has 0 spiro atoms. The Kier molecular flexibility index (Phi) is 4.07. The molecule has 0 fully saturated rings. The zero-order valence-corrected chi connectivity index (χ0v) is 7.05. The summed E-state index contributed by atoms with van der Waals surface area (Å²) in [4.78, 5) is 10.4. The molecule has 0 heterocycles. The Morgan fingerprint density at radius 1 is 1.73 bits per heavy atom. The Hall–Kier alpha value is -0.610. The number of carbonyl (C=O) groups is 1. The van der Waals surface area contributed by atoms with Crippen molar-refractivity contribution in [1.82, 2.24) is 5.32 Å². The molecule has 11 heavy (non-hydrogen) atoms. The van der Waals surface area contributed by atoms with Gasteiger partial charge in [-0.05, 0) is 13.3 Å². The Morgan fingerprint density at radius 3 is 2.55 bits per heavy atom. The molecule has 0 aromatic heterocycles. The topological polar surface area (TPSA) is 75.3 Å². The van der Waals surface area contributed by atoms with Crippen LogP contribution in [0.3, 0.4) is 0 Å². The summed E-state index contributed by atoms with van der Waals surface area (Å²) in [6.45, 7) is 3.90. The lowest BCUT2D eigenvalue weighted by Crippen LogP contribution is -2.48. The van der Waals surface area contributed by atoms with Crippen LogP contribution in [0.15, 0.2) is 0 Å². The molecule has 0 radical (unpaired) electrons. The van der Waals surface area contributed by atoms with E-state index >= 15 is 0 Å². The number of amides is 1. The van der Waals surface area contributed by atoms with E-state index in [0.717, 1.165) is 6.42 Å². The third kappa shape index (κ3) is 3.95. The van der Waals surface area contributed by atoms with Crippen LogP contribution in [0.1, 0.15) is 20.3 Å². The third-order valence-corrected chi connectivity index (χ3v) is 1.82. The minimum atomic E-state index is -0.405. The van der Waals surface area contributed by atoms with Gasteiger partial charge in [0.1, 0.15) is 0 Å². The van der Waals surface area contributed by atoms with Gasteiger partial charge in [0.05, 0.1) is 13.2 Å². The number of rotatable bonds is 5. The number of aliphatic hydroxyl groups excluding tert-OH is 1. The molecule has 0 aliphatic rings. The van der Waals surface area contributed by atoms with Crippen molar-refractivity contribution < 1.29 is 9.90 Å². The smallest absolute Gasteiger partial charge is 0.231 e. The zero-order valence-electron chi connectivity index (χ0n) is 7.05. The molecule has 4 N–H and O–H groups in total. The predicted molar refractivity (Wildman–Crippen MR) is 43.0 cm³/mol. The summed E-state index contributed by atoms with van der Waals surface area (Å²) < 4.78 is 0. The van der Waals surface area contributed by atoms with Crippen LogP contribution in [0.4, 0.5) is 0 Å². The van der Waals surface area contributed by atoms with Crippen molar-refractivity contribution in [2.45, 2.75) is 25.8 Å². The fraction of sp³-hybridized carbons (Fsp3) is 0.857. The van der Waals surface area contributed by atoms with Gasteiger partial charge >= 0.3 is 0 Å². The normalized spacial score (nSPS) is 15.9. The summed E-state index contributed by atoms with van der Waals surface area (Å²) in [6.07, 6.45) is 0.761. The van der Waals surface area contributed by atoms with Crippen molar-refractivity contribution in [3.8, 4) is 0 Å². The Bertz CT molecular complexity index is 132. The lowest BCUT2D eigenvalue weighted by atomic mass is 10.0. The largest absolute Gasteiger partial charge is 0.394 e. The van der Waals surface area contributed by atoms with E-state index in [1.165, 1.54) is 0 Å². The molecule has 0 aromatic carbocycles. The van der Waals surface area contributed by atoms with E-state index in [4.69, 9.17) is 10.8 Å². The first kappa shape index (κ1) is 10.4. The molecule has 0 aromatic rings. The molecule has 1 atom stereocenters. The van der Waals surface area contributed by atoms with Crippen molar-refractivity contribution in [1.29, 1.82) is 0 Å². The van der Waals surface area contributed by atoms with Crippen molar-refractivity contribution in [2.75, 3.05) is 13.2 Å². The Morgan fingerprint density at radius 2 is 2.27 bits per heavy atom. The van der Waals surface area contributed by atoms with Crippen molar-refractivity contribution in [2.24, 2.45) is 5.73 Å². The summed E-state index contributed by atoms with van der Waals surface area (Å²) in [5.41, 5.74) is 4.55. The second-order valence-electron chi connectivity index (χ2n) is 2.89. The number of nitrogens with one attached hydrogen (secondary N) is 1.